The van der Waals surface area contributed by atoms with Gasteiger partial charge in [0, 0.05) is 28.6 Å². The number of nitrogens with one attached hydrogen (secondary N) is 1. The van der Waals surface area contributed by atoms with Gasteiger partial charge < -0.3 is 10.1 Å². The van der Waals surface area contributed by atoms with E-state index >= 15 is 0 Å². The van der Waals surface area contributed by atoms with Gasteiger partial charge in [0.2, 0.25) is 0 Å². The van der Waals surface area contributed by atoms with E-state index in [1.165, 1.54) is 35.6 Å². The van der Waals surface area contributed by atoms with Crippen molar-refractivity contribution in [2.75, 3.05) is 7.11 Å². The van der Waals surface area contributed by atoms with Crippen LogP contribution in [0, 0.1) is 10.1 Å². The van der Waals surface area contributed by atoms with E-state index in [9.17, 15) is 14.9 Å². The van der Waals surface area contributed by atoms with Crippen LogP contribution in [-0.4, -0.2) is 22.9 Å². The molecule has 0 atom stereocenters. The van der Waals surface area contributed by atoms with Gasteiger partial charge in [-0.1, -0.05) is 0 Å². The molecule has 0 saturated carbocycles. The Bertz CT molecular complexity index is 920. The molecule has 1 aromatic heterocycles. The summed E-state index contributed by atoms with van der Waals surface area (Å²) < 4.78 is 5.14. The van der Waals surface area contributed by atoms with Crippen LogP contribution < -0.4 is 10.1 Å². The molecule has 0 radical (unpaired) electrons. The number of carbonyl (C=O) groups excluding carboxylic acids is 1. The molecule has 2 aromatic carbocycles. The average molecular weight is 369 g/mol. The number of hydrogen-bond donors (Lipinski definition) is 1. The summed E-state index contributed by atoms with van der Waals surface area (Å²) in [5.41, 5.74) is 2.03. The number of nitro benzene ring substituents is 1. The number of non-ortho nitro benzene ring substituents is 1. The third-order valence-electron chi connectivity index (χ3n) is 3.66. The zero-order chi connectivity index (χ0) is 18.5. The van der Waals surface area contributed by atoms with Crippen LogP contribution >= 0.6 is 11.3 Å². The molecule has 0 saturated heterocycles. The zero-order valence-corrected chi connectivity index (χ0v) is 14.7. The van der Waals surface area contributed by atoms with Gasteiger partial charge in [0.25, 0.3) is 11.6 Å². The van der Waals surface area contributed by atoms with E-state index in [4.69, 9.17) is 4.74 Å². The smallest absolute Gasteiger partial charge is 0.269 e. The molecule has 0 spiro atoms. The second-order valence-electron chi connectivity index (χ2n) is 5.36. The van der Waals surface area contributed by atoms with Crippen LogP contribution in [0.1, 0.15) is 16.1 Å². The van der Waals surface area contributed by atoms with Gasteiger partial charge in [-0.25, -0.2) is 4.98 Å². The Morgan fingerprint density at radius 3 is 2.50 bits per heavy atom. The van der Waals surface area contributed by atoms with Crippen molar-refractivity contribution in [3.05, 3.63) is 75.3 Å². The lowest BCUT2D eigenvalue weighted by Crippen LogP contribution is -2.22. The van der Waals surface area contributed by atoms with Gasteiger partial charge >= 0.3 is 0 Å². The van der Waals surface area contributed by atoms with Crippen molar-refractivity contribution in [2.45, 2.75) is 6.54 Å². The molecule has 1 amide bonds. The Morgan fingerprint density at radius 1 is 1.19 bits per heavy atom. The van der Waals surface area contributed by atoms with E-state index in [-0.39, 0.29) is 18.1 Å². The third kappa shape index (κ3) is 4.04. The number of nitrogens with zero attached hydrogens (tertiary/aromatic N) is 2. The molecule has 0 aliphatic rings. The molecule has 3 aromatic rings. The Balaban J connectivity index is 1.62. The fourth-order valence-corrected chi connectivity index (χ4v) is 3.09. The van der Waals surface area contributed by atoms with Crippen LogP contribution in [-0.2, 0) is 6.54 Å². The molecule has 132 valence electrons. The van der Waals surface area contributed by atoms with Gasteiger partial charge in [0.1, 0.15) is 10.8 Å². The summed E-state index contributed by atoms with van der Waals surface area (Å²) in [4.78, 5) is 26.8. The fraction of sp³-hybridized carbons (Fsp3) is 0.111. The van der Waals surface area contributed by atoms with Crippen molar-refractivity contribution < 1.29 is 14.5 Å². The van der Waals surface area contributed by atoms with E-state index in [1.54, 1.807) is 7.11 Å². The van der Waals surface area contributed by atoms with E-state index in [1.807, 2.05) is 29.6 Å². The standard InChI is InChI=1S/C18H15N3O4S/c1-25-16-8-4-13(5-9-16)18-20-14(11-26-18)10-19-17(22)12-2-6-15(7-3-12)21(23)24/h2-9,11H,10H2,1H3,(H,19,22). The molecular formula is C18H15N3O4S. The third-order valence-corrected chi connectivity index (χ3v) is 4.60. The van der Waals surface area contributed by atoms with E-state index in [2.05, 4.69) is 10.3 Å². The lowest BCUT2D eigenvalue weighted by Gasteiger charge is -2.03. The highest BCUT2D eigenvalue weighted by Gasteiger charge is 2.10. The van der Waals surface area contributed by atoms with Crippen LogP contribution in [0.3, 0.4) is 0 Å². The Hall–Kier alpha value is -3.26. The van der Waals surface area contributed by atoms with Gasteiger partial charge in [0.15, 0.2) is 0 Å². The summed E-state index contributed by atoms with van der Waals surface area (Å²) >= 11 is 1.49. The first kappa shape index (κ1) is 17.6. The highest BCUT2D eigenvalue weighted by molar-refractivity contribution is 7.13. The van der Waals surface area contributed by atoms with E-state index < -0.39 is 4.92 Å². The first-order chi connectivity index (χ1) is 12.6. The first-order valence-electron chi connectivity index (χ1n) is 7.68. The largest absolute Gasteiger partial charge is 0.497 e. The number of aromatic nitrogens is 1. The quantitative estimate of drug-likeness (QED) is 0.529. The maximum Gasteiger partial charge on any atom is 0.269 e. The number of ether oxygens (including phenoxy) is 1. The molecule has 0 aliphatic carbocycles. The summed E-state index contributed by atoms with van der Waals surface area (Å²) in [5, 5.41) is 16.1. The number of hydrogen-bond acceptors (Lipinski definition) is 6. The minimum atomic E-state index is -0.502. The van der Waals surface area contributed by atoms with Gasteiger partial charge in [-0.05, 0) is 36.4 Å². The fourth-order valence-electron chi connectivity index (χ4n) is 2.26. The number of benzene rings is 2. The van der Waals surface area contributed by atoms with Crippen molar-refractivity contribution in [1.29, 1.82) is 0 Å². The van der Waals surface area contributed by atoms with Crippen molar-refractivity contribution in [1.82, 2.24) is 10.3 Å². The minimum absolute atomic E-state index is 0.0508. The van der Waals surface area contributed by atoms with Crippen LogP contribution in [0.25, 0.3) is 10.6 Å². The van der Waals surface area contributed by atoms with Crippen LogP contribution in [0.5, 0.6) is 5.75 Å². The first-order valence-corrected chi connectivity index (χ1v) is 8.56. The van der Waals surface area contributed by atoms with Crippen LogP contribution in [0.2, 0.25) is 0 Å². The zero-order valence-electron chi connectivity index (χ0n) is 13.8. The van der Waals surface area contributed by atoms with Gasteiger partial charge in [-0.3, -0.25) is 14.9 Å². The molecule has 0 aliphatic heterocycles. The molecule has 3 rings (SSSR count). The Kier molecular flexibility index (Phi) is 5.23. The summed E-state index contributed by atoms with van der Waals surface area (Å²) in [5.74, 6) is 0.472. The van der Waals surface area contributed by atoms with Crippen molar-refractivity contribution in [2.24, 2.45) is 0 Å². The maximum atomic E-state index is 12.1. The number of amides is 1. The molecule has 1 heterocycles. The van der Waals surface area contributed by atoms with Gasteiger partial charge in [0.05, 0.1) is 24.3 Å². The van der Waals surface area contributed by atoms with Crippen molar-refractivity contribution in [3.63, 3.8) is 0 Å². The molecule has 0 bridgehead atoms. The van der Waals surface area contributed by atoms with Crippen LogP contribution in [0.15, 0.2) is 53.9 Å². The van der Waals surface area contributed by atoms with Crippen molar-refractivity contribution >= 4 is 22.9 Å². The summed E-state index contributed by atoms with van der Waals surface area (Å²) in [6.45, 7) is 0.280. The van der Waals surface area contributed by atoms with Gasteiger partial charge in [-0.2, -0.15) is 0 Å². The number of nitro groups is 1. The SMILES string of the molecule is COc1ccc(-c2nc(CNC(=O)c3ccc([N+](=O)[O-])cc3)cs2)cc1. The average Bonchev–Trinajstić information content (AvgIpc) is 3.15. The topological polar surface area (TPSA) is 94.4 Å². The number of rotatable bonds is 6. The highest BCUT2D eigenvalue weighted by Crippen LogP contribution is 2.25. The highest BCUT2D eigenvalue weighted by atomic mass is 32.1. The van der Waals surface area contributed by atoms with Crippen molar-refractivity contribution in [3.8, 4) is 16.3 Å². The minimum Gasteiger partial charge on any atom is -0.497 e. The molecule has 1 N–H and O–H groups in total. The predicted molar refractivity (Wildman–Crippen MR) is 98.4 cm³/mol. The summed E-state index contributed by atoms with van der Waals surface area (Å²) in [7, 11) is 1.62. The van der Waals surface area contributed by atoms with E-state index in [0.717, 1.165) is 22.0 Å². The molecule has 26 heavy (non-hydrogen) atoms. The van der Waals surface area contributed by atoms with Gasteiger partial charge in [-0.15, -0.1) is 11.3 Å². The number of thiazole rings is 1. The second kappa shape index (κ2) is 7.75. The lowest BCUT2D eigenvalue weighted by atomic mass is 10.2. The molecule has 7 nitrogen and oxygen atoms in total. The predicted octanol–water partition coefficient (Wildman–Crippen LogP) is 3.66. The maximum absolute atomic E-state index is 12.1. The second-order valence-corrected chi connectivity index (χ2v) is 6.22. The van der Waals surface area contributed by atoms with E-state index in [0.29, 0.717) is 5.56 Å². The molecular weight excluding hydrogens is 354 g/mol. The number of methoxy groups -OCH3 is 1. The molecule has 0 fully saturated rings. The van der Waals surface area contributed by atoms with Crippen LogP contribution in [0.4, 0.5) is 5.69 Å². The Labute approximate surface area is 153 Å². The monoisotopic (exact) mass is 369 g/mol. The molecule has 0 unspecified atom stereocenters. The number of carbonyl (C=O) groups is 1. The summed E-state index contributed by atoms with van der Waals surface area (Å²) in [6, 6.07) is 13.1. The molecule has 8 heteroatoms. The lowest BCUT2D eigenvalue weighted by molar-refractivity contribution is -0.384. The normalized spacial score (nSPS) is 10.3. The summed E-state index contributed by atoms with van der Waals surface area (Å²) in [6.07, 6.45) is 0. The Morgan fingerprint density at radius 2 is 1.88 bits per heavy atom.